The number of anilines is 2. The Bertz CT molecular complexity index is 1130. The van der Waals surface area contributed by atoms with Crippen molar-refractivity contribution in [3.8, 4) is 6.07 Å². The number of halogens is 3. The van der Waals surface area contributed by atoms with E-state index in [4.69, 9.17) is 5.26 Å². The molecule has 0 atom stereocenters. The summed E-state index contributed by atoms with van der Waals surface area (Å²) in [5.41, 5.74) is 2.14. The highest BCUT2D eigenvalue weighted by Gasteiger charge is 2.31. The molecule has 31 heavy (non-hydrogen) atoms. The van der Waals surface area contributed by atoms with Gasteiger partial charge in [-0.05, 0) is 42.9 Å². The van der Waals surface area contributed by atoms with Gasteiger partial charge in [-0.1, -0.05) is 12.1 Å². The summed E-state index contributed by atoms with van der Waals surface area (Å²) < 4.78 is 40.4. The molecular weight excluding hydrogens is 403 g/mol. The van der Waals surface area contributed by atoms with Gasteiger partial charge < -0.3 is 15.1 Å². The predicted octanol–water partition coefficient (Wildman–Crippen LogP) is 4.49. The maximum atomic E-state index is 13.5. The zero-order valence-electron chi connectivity index (χ0n) is 17.1. The molecule has 1 aliphatic heterocycles. The number of hydrogen-bond donors (Lipinski definition) is 1. The highest BCUT2D eigenvalue weighted by atomic mass is 19.4. The van der Waals surface area contributed by atoms with Crippen molar-refractivity contribution >= 4 is 22.3 Å². The molecule has 1 saturated heterocycles. The van der Waals surface area contributed by atoms with Gasteiger partial charge in [0.25, 0.3) is 0 Å². The Labute approximate surface area is 178 Å². The number of pyridine rings is 1. The Morgan fingerprint density at radius 2 is 1.87 bits per heavy atom. The van der Waals surface area contributed by atoms with Gasteiger partial charge >= 0.3 is 6.18 Å². The molecule has 0 unspecified atom stereocenters. The summed E-state index contributed by atoms with van der Waals surface area (Å²) in [5, 5.41) is 12.8. The Hall–Kier alpha value is -3.31. The number of piperazine rings is 1. The highest BCUT2D eigenvalue weighted by molar-refractivity contribution is 5.94. The molecule has 8 heteroatoms. The van der Waals surface area contributed by atoms with Gasteiger partial charge in [-0.15, -0.1) is 0 Å². The van der Waals surface area contributed by atoms with Crippen LogP contribution in [0.3, 0.4) is 0 Å². The van der Waals surface area contributed by atoms with Gasteiger partial charge in [0.2, 0.25) is 0 Å². The highest BCUT2D eigenvalue weighted by Crippen LogP contribution is 2.36. The molecule has 0 radical (unpaired) electrons. The van der Waals surface area contributed by atoms with Crippen LogP contribution in [0.15, 0.2) is 48.7 Å². The van der Waals surface area contributed by atoms with Crippen LogP contribution in [-0.2, 0) is 12.7 Å². The van der Waals surface area contributed by atoms with Gasteiger partial charge in [-0.2, -0.15) is 18.4 Å². The number of alkyl halides is 3. The second kappa shape index (κ2) is 8.44. The lowest BCUT2D eigenvalue weighted by atomic mass is 10.1. The average molecular weight is 425 g/mol. The number of nitriles is 1. The Morgan fingerprint density at radius 1 is 1.10 bits per heavy atom. The first-order valence-electron chi connectivity index (χ1n) is 10.0. The lowest BCUT2D eigenvalue weighted by Crippen LogP contribution is -2.44. The van der Waals surface area contributed by atoms with Crippen LogP contribution in [0.25, 0.3) is 10.9 Å². The number of aromatic nitrogens is 1. The van der Waals surface area contributed by atoms with Crippen LogP contribution in [0.5, 0.6) is 0 Å². The normalized spacial score (nSPS) is 15.1. The summed E-state index contributed by atoms with van der Waals surface area (Å²) in [6.45, 7) is 3.82. The summed E-state index contributed by atoms with van der Waals surface area (Å²) >= 11 is 0. The molecule has 0 spiro atoms. The molecule has 2 heterocycles. The van der Waals surface area contributed by atoms with Crippen LogP contribution in [0, 0.1) is 11.3 Å². The molecule has 4 rings (SSSR count). The van der Waals surface area contributed by atoms with Gasteiger partial charge in [0.15, 0.2) is 0 Å². The van der Waals surface area contributed by atoms with Crippen molar-refractivity contribution in [2.75, 3.05) is 43.4 Å². The quantitative estimate of drug-likeness (QED) is 0.668. The monoisotopic (exact) mass is 425 g/mol. The first-order chi connectivity index (χ1) is 14.8. The summed E-state index contributed by atoms with van der Waals surface area (Å²) in [6.07, 6.45) is -2.82. The fraction of sp³-hybridized carbons (Fsp3) is 0.304. The number of fused-ring (bicyclic) bond motifs is 1. The first-order valence-corrected chi connectivity index (χ1v) is 10.0. The van der Waals surface area contributed by atoms with Crippen molar-refractivity contribution in [1.82, 2.24) is 9.88 Å². The lowest BCUT2D eigenvalue weighted by Gasteiger charge is -2.34. The van der Waals surface area contributed by atoms with Crippen LogP contribution >= 0.6 is 0 Å². The van der Waals surface area contributed by atoms with Crippen LogP contribution < -0.4 is 10.2 Å². The van der Waals surface area contributed by atoms with Crippen LogP contribution in [0.4, 0.5) is 24.5 Å². The van der Waals surface area contributed by atoms with Gasteiger partial charge in [0, 0.05) is 43.8 Å². The number of hydrogen-bond acceptors (Lipinski definition) is 5. The molecule has 160 valence electrons. The fourth-order valence-electron chi connectivity index (χ4n) is 3.71. The standard InChI is InChI=1S/C23H22F3N5/c1-30-5-7-31(8-6-30)19-12-20-21(28-14-17-4-2-3-16(9-17)13-27)10-18(23(24,25)26)11-22(20)29-15-19/h2-4,9-12,15,28H,5-8,14H2,1H3. The van der Waals surface area contributed by atoms with Crippen molar-refractivity contribution in [2.24, 2.45) is 0 Å². The Kier molecular flexibility index (Phi) is 5.70. The van der Waals surface area contributed by atoms with E-state index in [9.17, 15) is 13.2 Å². The van der Waals surface area contributed by atoms with E-state index >= 15 is 0 Å². The van der Waals surface area contributed by atoms with Crippen molar-refractivity contribution in [3.05, 3.63) is 65.4 Å². The van der Waals surface area contributed by atoms with Gasteiger partial charge in [-0.3, -0.25) is 4.98 Å². The minimum absolute atomic E-state index is 0.293. The molecular formula is C23H22F3N5. The van der Waals surface area contributed by atoms with E-state index in [0.29, 0.717) is 28.7 Å². The van der Waals surface area contributed by atoms with Gasteiger partial charge in [-0.25, -0.2) is 0 Å². The van der Waals surface area contributed by atoms with Crippen LogP contribution in [0.2, 0.25) is 0 Å². The third-order valence-electron chi connectivity index (χ3n) is 5.52. The molecule has 3 aromatic rings. The first kappa shape index (κ1) is 20.9. The summed E-state index contributed by atoms with van der Waals surface area (Å²) in [7, 11) is 2.07. The predicted molar refractivity (Wildman–Crippen MR) is 115 cm³/mol. The average Bonchev–Trinajstić information content (AvgIpc) is 2.77. The van der Waals surface area contributed by atoms with Crippen molar-refractivity contribution in [3.63, 3.8) is 0 Å². The fourth-order valence-corrected chi connectivity index (χ4v) is 3.71. The second-order valence-electron chi connectivity index (χ2n) is 7.74. The molecule has 1 aromatic heterocycles. The SMILES string of the molecule is CN1CCN(c2cnc3cc(C(F)(F)F)cc(NCc4cccc(C#N)c4)c3c2)CC1. The maximum absolute atomic E-state index is 13.5. The van der Waals surface area contributed by atoms with Crippen molar-refractivity contribution < 1.29 is 13.2 Å². The number of nitrogens with zero attached hydrogens (tertiary/aromatic N) is 4. The molecule has 0 aliphatic carbocycles. The minimum Gasteiger partial charge on any atom is -0.380 e. The minimum atomic E-state index is -4.47. The smallest absolute Gasteiger partial charge is 0.380 e. The molecule has 1 fully saturated rings. The third-order valence-corrected chi connectivity index (χ3v) is 5.52. The third kappa shape index (κ3) is 4.72. The zero-order chi connectivity index (χ0) is 22.0. The van der Waals surface area contributed by atoms with Gasteiger partial charge in [0.05, 0.1) is 34.6 Å². The molecule has 5 nitrogen and oxygen atoms in total. The number of nitrogens with one attached hydrogen (secondary N) is 1. The van der Waals surface area contributed by atoms with Crippen molar-refractivity contribution in [1.29, 1.82) is 5.26 Å². The number of likely N-dealkylation sites (N-methyl/N-ethyl adjacent to an activating group) is 1. The number of rotatable bonds is 4. The summed E-state index contributed by atoms with van der Waals surface area (Å²) in [4.78, 5) is 8.79. The van der Waals surface area contributed by atoms with E-state index in [2.05, 4.69) is 33.2 Å². The van der Waals surface area contributed by atoms with E-state index < -0.39 is 11.7 Å². The maximum Gasteiger partial charge on any atom is 0.416 e. The lowest BCUT2D eigenvalue weighted by molar-refractivity contribution is -0.137. The Morgan fingerprint density at radius 3 is 2.58 bits per heavy atom. The molecule has 0 amide bonds. The topological polar surface area (TPSA) is 55.2 Å². The summed E-state index contributed by atoms with van der Waals surface area (Å²) in [5.74, 6) is 0. The number of benzene rings is 2. The van der Waals surface area contributed by atoms with E-state index in [1.165, 1.54) is 0 Å². The largest absolute Gasteiger partial charge is 0.416 e. The molecule has 0 bridgehead atoms. The van der Waals surface area contributed by atoms with E-state index in [0.717, 1.165) is 49.6 Å². The molecule has 1 aliphatic rings. The van der Waals surface area contributed by atoms with Crippen LogP contribution in [-0.4, -0.2) is 43.1 Å². The molecule has 2 aromatic carbocycles. The van der Waals surface area contributed by atoms with E-state index in [-0.39, 0.29) is 0 Å². The molecule has 1 N–H and O–H groups in total. The van der Waals surface area contributed by atoms with Crippen molar-refractivity contribution in [2.45, 2.75) is 12.7 Å². The second-order valence-corrected chi connectivity index (χ2v) is 7.74. The Balaban J connectivity index is 1.70. The zero-order valence-corrected chi connectivity index (χ0v) is 17.1. The van der Waals surface area contributed by atoms with E-state index in [1.54, 1.807) is 24.4 Å². The van der Waals surface area contributed by atoms with Gasteiger partial charge in [0.1, 0.15) is 0 Å². The summed E-state index contributed by atoms with van der Waals surface area (Å²) in [6, 6.07) is 13.2. The molecule has 0 saturated carbocycles. The van der Waals surface area contributed by atoms with Crippen LogP contribution in [0.1, 0.15) is 16.7 Å². The van der Waals surface area contributed by atoms with E-state index in [1.807, 2.05) is 12.1 Å².